The highest BCUT2D eigenvalue weighted by atomic mass is 32.1. The van der Waals surface area contributed by atoms with Crippen LogP contribution in [0.1, 0.15) is 16.8 Å². The van der Waals surface area contributed by atoms with Crippen LogP contribution < -0.4 is 11.1 Å². The van der Waals surface area contributed by atoms with Gasteiger partial charge in [0.2, 0.25) is 0 Å². The molecule has 1 aliphatic carbocycles. The molecule has 0 saturated carbocycles. The van der Waals surface area contributed by atoms with E-state index in [1.807, 2.05) is 0 Å². The highest BCUT2D eigenvalue weighted by Gasteiger charge is 2.22. The first-order valence-corrected chi connectivity index (χ1v) is 6.59. The highest BCUT2D eigenvalue weighted by Crippen LogP contribution is 2.24. The number of aromatic nitrogens is 2. The van der Waals surface area contributed by atoms with E-state index < -0.39 is 0 Å². The predicted octanol–water partition coefficient (Wildman–Crippen LogP) is 1.69. The molecule has 0 bridgehead atoms. The Morgan fingerprint density at radius 2 is 1.79 bits per heavy atom. The van der Waals surface area contributed by atoms with Gasteiger partial charge in [0.25, 0.3) is 0 Å². The molecule has 0 fully saturated rings. The van der Waals surface area contributed by atoms with Crippen LogP contribution in [0.15, 0.2) is 36.7 Å². The molecule has 19 heavy (non-hydrogen) atoms. The van der Waals surface area contributed by atoms with Crippen LogP contribution in [0.4, 0.5) is 5.82 Å². The Kier molecular flexibility index (Phi) is 3.13. The fourth-order valence-electron chi connectivity index (χ4n) is 2.48. The molecule has 1 aromatic carbocycles. The molecule has 5 heteroatoms. The largest absolute Gasteiger partial charge is 0.388 e. The van der Waals surface area contributed by atoms with Crippen molar-refractivity contribution >= 4 is 23.0 Å². The molecular formula is C14H14N4S. The topological polar surface area (TPSA) is 63.8 Å². The monoisotopic (exact) mass is 270 g/mol. The van der Waals surface area contributed by atoms with Crippen LogP contribution in [0.2, 0.25) is 0 Å². The van der Waals surface area contributed by atoms with Gasteiger partial charge in [0.05, 0.1) is 0 Å². The van der Waals surface area contributed by atoms with E-state index in [1.165, 1.54) is 11.1 Å². The van der Waals surface area contributed by atoms with Crippen LogP contribution >= 0.6 is 12.2 Å². The first kappa shape index (κ1) is 12.0. The van der Waals surface area contributed by atoms with Gasteiger partial charge in [-0.25, -0.2) is 9.97 Å². The van der Waals surface area contributed by atoms with Gasteiger partial charge in [-0.15, -0.1) is 0 Å². The third kappa shape index (κ3) is 2.42. The highest BCUT2D eigenvalue weighted by molar-refractivity contribution is 7.80. The lowest BCUT2D eigenvalue weighted by atomic mass is 10.1. The van der Waals surface area contributed by atoms with Crippen LogP contribution in [0.5, 0.6) is 0 Å². The zero-order valence-electron chi connectivity index (χ0n) is 10.3. The molecule has 3 rings (SSSR count). The lowest BCUT2D eigenvalue weighted by molar-refractivity contribution is 0.767. The second-order valence-corrected chi connectivity index (χ2v) is 5.08. The molecule has 1 aromatic heterocycles. The van der Waals surface area contributed by atoms with Crippen molar-refractivity contribution in [1.29, 1.82) is 0 Å². The lowest BCUT2D eigenvalue weighted by Gasteiger charge is -2.14. The van der Waals surface area contributed by atoms with Crippen LogP contribution in [0, 0.1) is 0 Å². The number of anilines is 1. The molecule has 1 aliphatic rings. The molecule has 0 radical (unpaired) electrons. The van der Waals surface area contributed by atoms with Crippen molar-refractivity contribution in [1.82, 2.24) is 9.97 Å². The van der Waals surface area contributed by atoms with Gasteiger partial charge in [0.15, 0.2) is 5.82 Å². The van der Waals surface area contributed by atoms with Gasteiger partial charge < -0.3 is 11.1 Å². The number of hydrogen-bond donors (Lipinski definition) is 2. The van der Waals surface area contributed by atoms with Crippen LogP contribution in [-0.2, 0) is 12.8 Å². The van der Waals surface area contributed by atoms with Crippen molar-refractivity contribution in [2.45, 2.75) is 18.9 Å². The third-order valence-corrected chi connectivity index (χ3v) is 3.52. The average Bonchev–Trinajstić information content (AvgIpc) is 2.81. The summed E-state index contributed by atoms with van der Waals surface area (Å²) in [7, 11) is 0. The van der Waals surface area contributed by atoms with Gasteiger partial charge >= 0.3 is 0 Å². The summed E-state index contributed by atoms with van der Waals surface area (Å²) in [6, 6.07) is 8.81. The number of thiocarbonyl (C=S) groups is 1. The van der Waals surface area contributed by atoms with Crippen molar-refractivity contribution in [3.05, 3.63) is 53.5 Å². The maximum atomic E-state index is 5.66. The zero-order valence-corrected chi connectivity index (χ0v) is 11.2. The fraction of sp³-hybridized carbons (Fsp3) is 0.214. The molecule has 4 nitrogen and oxygen atoms in total. The lowest BCUT2D eigenvalue weighted by Crippen LogP contribution is -2.24. The number of nitrogens with two attached hydrogens (primary N) is 1. The summed E-state index contributed by atoms with van der Waals surface area (Å²) in [6.45, 7) is 0. The molecule has 0 aliphatic heterocycles. The summed E-state index contributed by atoms with van der Waals surface area (Å²) >= 11 is 5.00. The average molecular weight is 270 g/mol. The minimum atomic E-state index is 0.270. The number of rotatable bonds is 3. The Labute approximate surface area is 117 Å². The predicted molar refractivity (Wildman–Crippen MR) is 79.2 cm³/mol. The Balaban J connectivity index is 1.80. The SMILES string of the molecule is NC(=S)c1nccnc1NC1Cc2ccccc2C1. The minimum Gasteiger partial charge on any atom is -0.388 e. The summed E-state index contributed by atoms with van der Waals surface area (Å²) in [4.78, 5) is 8.73. The molecule has 0 spiro atoms. The summed E-state index contributed by atoms with van der Waals surface area (Å²) in [5.41, 5.74) is 9.00. The van der Waals surface area contributed by atoms with Gasteiger partial charge in [-0.2, -0.15) is 0 Å². The standard InChI is InChI=1S/C14H14N4S/c15-13(19)12-14(17-6-5-16-12)18-11-7-9-3-1-2-4-10(9)8-11/h1-6,11H,7-8H2,(H2,15,19)(H,17,18). The Morgan fingerprint density at radius 1 is 1.16 bits per heavy atom. The first-order chi connectivity index (χ1) is 9.24. The van der Waals surface area contributed by atoms with E-state index in [0.29, 0.717) is 17.6 Å². The number of benzene rings is 1. The number of hydrogen-bond acceptors (Lipinski definition) is 4. The van der Waals surface area contributed by atoms with E-state index >= 15 is 0 Å². The van der Waals surface area contributed by atoms with E-state index in [0.717, 1.165) is 12.8 Å². The second kappa shape index (κ2) is 4.93. The normalized spacial score (nSPS) is 14.1. The Bertz CT molecular complexity index is 601. The molecule has 0 saturated heterocycles. The van der Waals surface area contributed by atoms with E-state index in [2.05, 4.69) is 39.6 Å². The second-order valence-electron chi connectivity index (χ2n) is 4.64. The van der Waals surface area contributed by atoms with E-state index in [9.17, 15) is 0 Å². The van der Waals surface area contributed by atoms with Crippen molar-refractivity contribution < 1.29 is 0 Å². The Hall–Kier alpha value is -2.01. The number of nitrogens with zero attached hydrogens (tertiary/aromatic N) is 2. The summed E-state index contributed by atoms with van der Waals surface area (Å²) in [5.74, 6) is 0.674. The molecule has 3 N–H and O–H groups in total. The van der Waals surface area contributed by atoms with Gasteiger partial charge in [0.1, 0.15) is 10.7 Å². The molecule has 96 valence electrons. The van der Waals surface area contributed by atoms with Gasteiger partial charge in [0, 0.05) is 18.4 Å². The molecule has 1 heterocycles. The summed E-state index contributed by atoms with van der Waals surface area (Å²) in [5, 5.41) is 3.40. The summed E-state index contributed by atoms with van der Waals surface area (Å²) in [6.07, 6.45) is 5.22. The van der Waals surface area contributed by atoms with Crippen molar-refractivity contribution in [2.24, 2.45) is 5.73 Å². The smallest absolute Gasteiger partial charge is 0.155 e. The van der Waals surface area contributed by atoms with E-state index in [1.54, 1.807) is 12.4 Å². The summed E-state index contributed by atoms with van der Waals surface area (Å²) < 4.78 is 0. The Morgan fingerprint density at radius 3 is 2.42 bits per heavy atom. The zero-order chi connectivity index (χ0) is 13.2. The number of fused-ring (bicyclic) bond motifs is 1. The van der Waals surface area contributed by atoms with Gasteiger partial charge in [-0.3, -0.25) is 0 Å². The fourth-order valence-corrected chi connectivity index (χ4v) is 2.63. The van der Waals surface area contributed by atoms with Crippen LogP contribution in [0.3, 0.4) is 0 Å². The molecule has 2 aromatic rings. The maximum Gasteiger partial charge on any atom is 0.155 e. The molecule has 0 unspecified atom stereocenters. The van der Waals surface area contributed by atoms with Crippen molar-refractivity contribution in [3.8, 4) is 0 Å². The van der Waals surface area contributed by atoms with Crippen molar-refractivity contribution in [3.63, 3.8) is 0 Å². The third-order valence-electron chi connectivity index (χ3n) is 3.32. The van der Waals surface area contributed by atoms with E-state index in [4.69, 9.17) is 18.0 Å². The van der Waals surface area contributed by atoms with E-state index in [-0.39, 0.29) is 4.99 Å². The van der Waals surface area contributed by atoms with Crippen LogP contribution in [0.25, 0.3) is 0 Å². The van der Waals surface area contributed by atoms with Gasteiger partial charge in [-0.05, 0) is 24.0 Å². The first-order valence-electron chi connectivity index (χ1n) is 6.18. The molecule has 0 atom stereocenters. The minimum absolute atomic E-state index is 0.270. The molecular weight excluding hydrogens is 256 g/mol. The quantitative estimate of drug-likeness (QED) is 0.831. The maximum absolute atomic E-state index is 5.66. The van der Waals surface area contributed by atoms with Gasteiger partial charge in [-0.1, -0.05) is 36.5 Å². The van der Waals surface area contributed by atoms with Crippen molar-refractivity contribution in [2.75, 3.05) is 5.32 Å². The molecule has 0 amide bonds. The van der Waals surface area contributed by atoms with Crippen LogP contribution in [-0.4, -0.2) is 21.0 Å². The number of nitrogens with one attached hydrogen (secondary N) is 1.